The average molecular weight is 547 g/mol. The van der Waals surface area contributed by atoms with Crippen molar-refractivity contribution in [3.8, 4) is 0 Å². The van der Waals surface area contributed by atoms with Crippen molar-refractivity contribution in [2.45, 2.75) is 95.5 Å². The number of rotatable bonds is 9. The number of benzene rings is 2. The van der Waals surface area contributed by atoms with E-state index in [4.69, 9.17) is 0 Å². The van der Waals surface area contributed by atoms with Crippen LogP contribution in [0, 0.1) is 5.92 Å². The average Bonchev–Trinajstić information content (AvgIpc) is 2.98. The van der Waals surface area contributed by atoms with Gasteiger partial charge in [-0.3, -0.25) is 19.4 Å². The van der Waals surface area contributed by atoms with Crippen molar-refractivity contribution in [1.29, 1.82) is 0 Å². The predicted molar refractivity (Wildman–Crippen MR) is 159 cm³/mol. The van der Waals surface area contributed by atoms with E-state index in [1.54, 1.807) is 0 Å². The summed E-state index contributed by atoms with van der Waals surface area (Å²) < 4.78 is 0. The molecule has 3 fully saturated rings. The first-order valence-electron chi connectivity index (χ1n) is 15.4. The molecular weight excluding hydrogens is 500 g/mol. The van der Waals surface area contributed by atoms with E-state index in [0.717, 1.165) is 56.7 Å². The molecule has 2 atom stereocenters. The van der Waals surface area contributed by atoms with Crippen molar-refractivity contribution in [3.63, 3.8) is 0 Å². The Morgan fingerprint density at radius 2 is 1.73 bits per heavy atom. The van der Waals surface area contributed by atoms with Crippen LogP contribution in [-0.4, -0.2) is 64.2 Å². The number of amides is 2. The van der Waals surface area contributed by atoms with Crippen molar-refractivity contribution in [3.05, 3.63) is 65.7 Å². The minimum absolute atomic E-state index is 0.114. The van der Waals surface area contributed by atoms with Crippen molar-refractivity contribution in [2.75, 3.05) is 25.0 Å². The minimum Gasteiger partial charge on any atom is -0.376 e. The number of hydrogen-bond donors (Lipinski definition) is 3. The van der Waals surface area contributed by atoms with Gasteiger partial charge in [-0.05, 0) is 61.4 Å². The van der Waals surface area contributed by atoms with Gasteiger partial charge in [-0.2, -0.15) is 0 Å². The van der Waals surface area contributed by atoms with Crippen LogP contribution in [0.25, 0.3) is 0 Å². The molecule has 216 valence electrons. The number of aliphatic hydroxyl groups is 1. The van der Waals surface area contributed by atoms with E-state index < -0.39 is 11.8 Å². The number of piperidine rings is 1. The summed E-state index contributed by atoms with van der Waals surface area (Å²) in [6.07, 6.45) is 10.0. The number of carbonyl (C=O) groups is 2. The van der Waals surface area contributed by atoms with Crippen LogP contribution in [0.15, 0.2) is 54.6 Å². The van der Waals surface area contributed by atoms with Crippen LogP contribution in [0.3, 0.4) is 0 Å². The first-order chi connectivity index (χ1) is 19.5. The third kappa shape index (κ3) is 6.59. The second-order valence-electron chi connectivity index (χ2n) is 12.1. The Labute approximate surface area is 239 Å². The van der Waals surface area contributed by atoms with Crippen LogP contribution in [0.2, 0.25) is 0 Å². The Balaban J connectivity index is 1.19. The van der Waals surface area contributed by atoms with Crippen molar-refractivity contribution in [2.24, 2.45) is 5.92 Å². The molecule has 0 bridgehead atoms. The number of unbranched alkanes of at least 4 members (excludes halogenated alkanes) is 1. The normalized spacial score (nSPS) is 24.1. The zero-order valence-electron chi connectivity index (χ0n) is 24.0. The quantitative estimate of drug-likeness (QED) is 0.405. The molecule has 2 aliphatic heterocycles. The molecule has 3 aliphatic rings. The highest BCUT2D eigenvalue weighted by Crippen LogP contribution is 2.37. The van der Waals surface area contributed by atoms with Crippen LogP contribution in [0.4, 0.5) is 5.69 Å². The van der Waals surface area contributed by atoms with Gasteiger partial charge < -0.3 is 15.7 Å². The summed E-state index contributed by atoms with van der Waals surface area (Å²) in [4.78, 5) is 30.9. The minimum atomic E-state index is -0.631. The molecule has 3 N–H and O–H groups in total. The van der Waals surface area contributed by atoms with Crippen LogP contribution in [0.1, 0.15) is 87.1 Å². The Morgan fingerprint density at radius 1 is 1.02 bits per heavy atom. The molecule has 2 aromatic carbocycles. The van der Waals surface area contributed by atoms with Gasteiger partial charge in [-0.1, -0.05) is 75.8 Å². The second-order valence-corrected chi connectivity index (χ2v) is 12.1. The first kappa shape index (κ1) is 28.8. The highest BCUT2D eigenvalue weighted by molar-refractivity contribution is 6.04. The number of anilines is 1. The fourth-order valence-electron chi connectivity index (χ4n) is 6.96. The molecular formula is C33H46N4O3. The standard InChI is InChI=1S/C33H46N4O3/c1-2-3-20-37-31(39)29(23-25-10-6-4-7-11-25)35-32(40)33(37)18-21-36(22-19-33)24-26-14-16-27(17-15-26)30(38)34-28-12-8-5-9-13-28/h5,8-9,12-17,25,29,31,39H,2-4,6-7,10-11,18-24H2,1H3,(H,34,38)(H,35,40)/t29-,31?/m0/s1. The third-order valence-corrected chi connectivity index (χ3v) is 9.37. The van der Waals surface area contributed by atoms with Gasteiger partial charge in [0, 0.05) is 37.4 Å². The lowest BCUT2D eigenvalue weighted by molar-refractivity contribution is -0.171. The topological polar surface area (TPSA) is 84.9 Å². The van der Waals surface area contributed by atoms with Gasteiger partial charge in [0.15, 0.2) is 0 Å². The summed E-state index contributed by atoms with van der Waals surface area (Å²) in [5.74, 6) is 0.602. The fourth-order valence-corrected chi connectivity index (χ4v) is 6.96. The van der Waals surface area contributed by atoms with E-state index >= 15 is 0 Å². The van der Waals surface area contributed by atoms with Gasteiger partial charge in [0.2, 0.25) is 5.91 Å². The molecule has 2 saturated heterocycles. The lowest BCUT2D eigenvalue weighted by Gasteiger charge is -2.54. The summed E-state index contributed by atoms with van der Waals surface area (Å²) in [6, 6.07) is 17.1. The summed E-state index contributed by atoms with van der Waals surface area (Å²) in [5, 5.41) is 17.8. The fraction of sp³-hybridized carbons (Fsp3) is 0.576. The van der Waals surface area contributed by atoms with E-state index in [-0.39, 0.29) is 17.9 Å². The summed E-state index contributed by atoms with van der Waals surface area (Å²) >= 11 is 0. The number of likely N-dealkylation sites (tertiary alicyclic amines) is 1. The monoisotopic (exact) mass is 546 g/mol. The number of aliphatic hydroxyl groups excluding tert-OH is 1. The lowest BCUT2D eigenvalue weighted by atomic mass is 9.78. The van der Waals surface area contributed by atoms with E-state index in [0.29, 0.717) is 24.3 Å². The Bertz CT molecular complexity index is 1110. The number of carbonyl (C=O) groups excluding carboxylic acids is 2. The zero-order valence-corrected chi connectivity index (χ0v) is 24.0. The van der Waals surface area contributed by atoms with E-state index in [1.807, 2.05) is 54.6 Å². The van der Waals surface area contributed by atoms with E-state index in [2.05, 4.69) is 27.4 Å². The van der Waals surface area contributed by atoms with Crippen LogP contribution in [-0.2, 0) is 11.3 Å². The van der Waals surface area contributed by atoms with E-state index in [9.17, 15) is 14.7 Å². The zero-order chi connectivity index (χ0) is 28.0. The van der Waals surface area contributed by atoms with E-state index in [1.165, 1.54) is 32.1 Å². The van der Waals surface area contributed by atoms with Crippen molar-refractivity contribution >= 4 is 17.5 Å². The van der Waals surface area contributed by atoms with Gasteiger partial charge in [0.1, 0.15) is 11.8 Å². The number of hydrogen-bond acceptors (Lipinski definition) is 5. The van der Waals surface area contributed by atoms with Gasteiger partial charge >= 0.3 is 0 Å². The molecule has 2 amide bonds. The summed E-state index contributed by atoms with van der Waals surface area (Å²) in [7, 11) is 0. The Morgan fingerprint density at radius 3 is 2.40 bits per heavy atom. The van der Waals surface area contributed by atoms with Crippen molar-refractivity contribution in [1.82, 2.24) is 15.1 Å². The maximum Gasteiger partial charge on any atom is 0.255 e. The highest BCUT2D eigenvalue weighted by Gasteiger charge is 2.53. The molecule has 1 aliphatic carbocycles. The summed E-state index contributed by atoms with van der Waals surface area (Å²) in [5.41, 5.74) is 1.93. The van der Waals surface area contributed by atoms with Crippen LogP contribution < -0.4 is 10.6 Å². The summed E-state index contributed by atoms with van der Waals surface area (Å²) in [6.45, 7) is 5.30. The Kier molecular flexibility index (Phi) is 9.56. The molecule has 0 radical (unpaired) electrons. The SMILES string of the molecule is CCCCN1C(O)[C@H](CC2CCCCC2)NC(=O)C12CCN(Cc1ccc(C(=O)Nc3ccccc3)cc1)CC2. The number of para-hydroxylation sites is 1. The maximum absolute atomic E-state index is 13.7. The Hall–Kier alpha value is -2.74. The second kappa shape index (κ2) is 13.3. The van der Waals surface area contributed by atoms with Crippen LogP contribution >= 0.6 is 0 Å². The molecule has 0 aromatic heterocycles. The molecule has 5 rings (SSSR count). The van der Waals surface area contributed by atoms with Crippen LogP contribution in [0.5, 0.6) is 0 Å². The maximum atomic E-state index is 13.7. The van der Waals surface area contributed by atoms with Crippen molar-refractivity contribution < 1.29 is 14.7 Å². The molecule has 7 nitrogen and oxygen atoms in total. The number of nitrogens with one attached hydrogen (secondary N) is 2. The highest BCUT2D eigenvalue weighted by atomic mass is 16.3. The molecule has 2 heterocycles. The molecule has 1 saturated carbocycles. The largest absolute Gasteiger partial charge is 0.376 e. The lowest BCUT2D eigenvalue weighted by Crippen LogP contribution is -2.74. The molecule has 1 unspecified atom stereocenters. The smallest absolute Gasteiger partial charge is 0.255 e. The van der Waals surface area contributed by atoms with Gasteiger partial charge in [-0.15, -0.1) is 0 Å². The third-order valence-electron chi connectivity index (χ3n) is 9.37. The number of nitrogens with zero attached hydrogens (tertiary/aromatic N) is 2. The molecule has 40 heavy (non-hydrogen) atoms. The molecule has 2 aromatic rings. The van der Waals surface area contributed by atoms with Gasteiger partial charge in [0.25, 0.3) is 5.91 Å². The molecule has 1 spiro atoms. The first-order valence-corrected chi connectivity index (χ1v) is 15.4. The van der Waals surface area contributed by atoms with Gasteiger partial charge in [0.05, 0.1) is 6.04 Å². The van der Waals surface area contributed by atoms with Gasteiger partial charge in [-0.25, -0.2) is 0 Å². The number of piperazine rings is 1. The molecule has 7 heteroatoms. The predicted octanol–water partition coefficient (Wildman–Crippen LogP) is 5.16.